The normalized spacial score (nSPS) is 12.0. The van der Waals surface area contributed by atoms with Crippen molar-refractivity contribution in [1.82, 2.24) is 10.9 Å². The summed E-state index contributed by atoms with van der Waals surface area (Å²) < 4.78 is 18.1. The molecule has 1 amide bonds. The lowest BCUT2D eigenvalue weighted by Crippen LogP contribution is -2.40. The minimum atomic E-state index is -0.923. The van der Waals surface area contributed by atoms with Crippen LogP contribution in [-0.2, 0) is 4.79 Å². The molecule has 1 aromatic rings. The summed E-state index contributed by atoms with van der Waals surface area (Å²) >= 11 is 0. The average Bonchev–Trinajstić information content (AvgIpc) is 2.28. The fraction of sp³-hybridized carbons (Fsp3) is 0.300. The van der Waals surface area contributed by atoms with Crippen molar-refractivity contribution in [3.8, 4) is 5.75 Å². The molecule has 0 bridgehead atoms. The van der Waals surface area contributed by atoms with Crippen LogP contribution in [-0.4, -0.2) is 20.1 Å². The molecule has 6 heteroatoms. The highest BCUT2D eigenvalue weighted by molar-refractivity contribution is 5.82. The van der Waals surface area contributed by atoms with E-state index < -0.39 is 17.8 Å². The second kappa shape index (κ2) is 5.43. The predicted octanol–water partition coefficient (Wildman–Crippen LogP) is 0.0847. The molecule has 0 heterocycles. The maximum Gasteiger partial charge on any atom is 0.255 e. The van der Waals surface area contributed by atoms with Gasteiger partial charge in [-0.15, -0.1) is 0 Å². The zero-order valence-corrected chi connectivity index (χ0v) is 9.08. The van der Waals surface area contributed by atoms with Crippen LogP contribution in [0.2, 0.25) is 0 Å². The van der Waals surface area contributed by atoms with E-state index in [1.54, 1.807) is 13.1 Å². The second-order valence-corrected chi connectivity index (χ2v) is 3.11. The number of methoxy groups -OCH3 is 1. The molecule has 16 heavy (non-hydrogen) atoms. The van der Waals surface area contributed by atoms with Gasteiger partial charge in [-0.05, 0) is 17.7 Å². The summed E-state index contributed by atoms with van der Waals surface area (Å²) in [5.41, 5.74) is 10.8. The molecular weight excluding hydrogens is 213 g/mol. The van der Waals surface area contributed by atoms with Crippen molar-refractivity contribution in [3.05, 3.63) is 29.6 Å². The second-order valence-electron chi connectivity index (χ2n) is 3.11. The monoisotopic (exact) mass is 227 g/mol. The van der Waals surface area contributed by atoms with Gasteiger partial charge in [0.1, 0.15) is 6.04 Å². The first kappa shape index (κ1) is 12.4. The molecule has 0 radical (unpaired) electrons. The summed E-state index contributed by atoms with van der Waals surface area (Å²) in [5, 5.41) is 0. The van der Waals surface area contributed by atoms with Gasteiger partial charge in [0.2, 0.25) is 0 Å². The van der Waals surface area contributed by atoms with E-state index in [2.05, 4.69) is 10.9 Å². The number of ether oxygens (including phenoxy) is 1. The number of benzene rings is 1. The summed E-state index contributed by atoms with van der Waals surface area (Å²) in [5.74, 6) is -0.871. The average molecular weight is 227 g/mol. The van der Waals surface area contributed by atoms with Crippen molar-refractivity contribution in [1.29, 1.82) is 0 Å². The third-order valence-electron chi connectivity index (χ3n) is 2.07. The molecule has 0 aliphatic rings. The fourth-order valence-corrected chi connectivity index (χ4v) is 1.23. The van der Waals surface area contributed by atoms with Crippen molar-refractivity contribution >= 4 is 5.91 Å². The Labute approximate surface area is 92.7 Å². The first-order chi connectivity index (χ1) is 7.60. The molecule has 4 N–H and O–H groups in total. The van der Waals surface area contributed by atoms with Crippen molar-refractivity contribution in [3.63, 3.8) is 0 Å². The van der Waals surface area contributed by atoms with Gasteiger partial charge in [0.25, 0.3) is 5.91 Å². The summed E-state index contributed by atoms with van der Waals surface area (Å²) in [7, 11) is 2.91. The lowest BCUT2D eigenvalue weighted by molar-refractivity contribution is -0.123. The third-order valence-corrected chi connectivity index (χ3v) is 2.07. The highest BCUT2D eigenvalue weighted by Crippen LogP contribution is 2.20. The van der Waals surface area contributed by atoms with Gasteiger partial charge in [-0.2, -0.15) is 0 Å². The molecule has 0 aliphatic carbocycles. The molecule has 0 fully saturated rings. The van der Waals surface area contributed by atoms with Gasteiger partial charge in [0, 0.05) is 7.05 Å². The Kier molecular flexibility index (Phi) is 4.21. The van der Waals surface area contributed by atoms with Crippen LogP contribution in [0, 0.1) is 5.82 Å². The van der Waals surface area contributed by atoms with E-state index in [0.717, 1.165) is 0 Å². The van der Waals surface area contributed by atoms with Crippen molar-refractivity contribution in [2.24, 2.45) is 5.73 Å². The summed E-state index contributed by atoms with van der Waals surface area (Å²) in [4.78, 5) is 11.4. The summed E-state index contributed by atoms with van der Waals surface area (Å²) in [6.07, 6.45) is 0. The zero-order chi connectivity index (χ0) is 12.1. The number of carbonyl (C=O) groups is 1. The standard InChI is InChI=1S/C10H14FN3O2/c1-13-14-10(15)9(12)6-3-4-8(16-2)7(11)5-6/h3-5,9,13H,12H2,1-2H3,(H,14,15). The molecule has 0 aliphatic heterocycles. The van der Waals surface area contributed by atoms with E-state index in [1.807, 2.05) is 0 Å². The fourth-order valence-electron chi connectivity index (χ4n) is 1.23. The van der Waals surface area contributed by atoms with Crippen molar-refractivity contribution < 1.29 is 13.9 Å². The molecule has 5 nitrogen and oxygen atoms in total. The maximum absolute atomic E-state index is 13.3. The maximum atomic E-state index is 13.3. The zero-order valence-electron chi connectivity index (χ0n) is 9.08. The molecule has 88 valence electrons. The van der Waals surface area contributed by atoms with Gasteiger partial charge >= 0.3 is 0 Å². The van der Waals surface area contributed by atoms with E-state index in [0.29, 0.717) is 5.56 Å². The largest absolute Gasteiger partial charge is 0.494 e. The lowest BCUT2D eigenvalue weighted by Gasteiger charge is -2.12. The highest BCUT2D eigenvalue weighted by atomic mass is 19.1. The number of hydrazine groups is 1. The topological polar surface area (TPSA) is 76.4 Å². The predicted molar refractivity (Wildman–Crippen MR) is 57.1 cm³/mol. The van der Waals surface area contributed by atoms with Gasteiger partial charge in [0.05, 0.1) is 7.11 Å². The Morgan fingerprint density at radius 2 is 2.25 bits per heavy atom. The quantitative estimate of drug-likeness (QED) is 0.637. The van der Waals surface area contributed by atoms with E-state index in [1.165, 1.54) is 19.2 Å². The van der Waals surface area contributed by atoms with Gasteiger partial charge in [-0.1, -0.05) is 6.07 Å². The Morgan fingerprint density at radius 3 is 2.75 bits per heavy atom. The number of carbonyl (C=O) groups excluding carboxylic acids is 1. The SMILES string of the molecule is CNNC(=O)C(N)c1ccc(OC)c(F)c1. The Balaban J connectivity index is 2.88. The highest BCUT2D eigenvalue weighted by Gasteiger charge is 2.16. The summed E-state index contributed by atoms with van der Waals surface area (Å²) in [6, 6.07) is 3.23. The van der Waals surface area contributed by atoms with E-state index in [-0.39, 0.29) is 5.75 Å². The number of nitrogens with one attached hydrogen (secondary N) is 2. The molecule has 1 rings (SSSR count). The molecule has 1 atom stereocenters. The minimum absolute atomic E-state index is 0.116. The molecule has 1 aromatic carbocycles. The van der Waals surface area contributed by atoms with E-state index in [4.69, 9.17) is 10.5 Å². The molecule has 0 spiro atoms. The first-order valence-corrected chi connectivity index (χ1v) is 4.65. The molecule has 0 saturated carbocycles. The summed E-state index contributed by atoms with van der Waals surface area (Å²) in [6.45, 7) is 0. The number of hydrogen-bond acceptors (Lipinski definition) is 4. The Hall–Kier alpha value is -1.66. The lowest BCUT2D eigenvalue weighted by atomic mass is 10.1. The van der Waals surface area contributed by atoms with Gasteiger partial charge in [-0.25, -0.2) is 9.82 Å². The first-order valence-electron chi connectivity index (χ1n) is 4.65. The smallest absolute Gasteiger partial charge is 0.255 e. The number of hydrogen-bond donors (Lipinski definition) is 3. The van der Waals surface area contributed by atoms with Crippen molar-refractivity contribution in [2.75, 3.05) is 14.2 Å². The minimum Gasteiger partial charge on any atom is -0.494 e. The van der Waals surface area contributed by atoms with Crippen LogP contribution in [0.4, 0.5) is 4.39 Å². The van der Waals surface area contributed by atoms with Gasteiger partial charge < -0.3 is 10.5 Å². The van der Waals surface area contributed by atoms with Crippen LogP contribution in [0.25, 0.3) is 0 Å². The molecule has 1 unspecified atom stereocenters. The van der Waals surface area contributed by atoms with Gasteiger partial charge in [-0.3, -0.25) is 10.2 Å². The van der Waals surface area contributed by atoms with E-state index in [9.17, 15) is 9.18 Å². The van der Waals surface area contributed by atoms with Crippen LogP contribution >= 0.6 is 0 Å². The van der Waals surface area contributed by atoms with Gasteiger partial charge in [0.15, 0.2) is 11.6 Å². The number of rotatable bonds is 4. The molecular formula is C10H14FN3O2. The molecule has 0 aromatic heterocycles. The van der Waals surface area contributed by atoms with Crippen molar-refractivity contribution in [2.45, 2.75) is 6.04 Å². The Bertz CT molecular complexity index is 384. The molecule has 0 saturated heterocycles. The number of halogens is 1. The van der Waals surface area contributed by atoms with Crippen LogP contribution < -0.4 is 21.3 Å². The van der Waals surface area contributed by atoms with Crippen LogP contribution in [0.5, 0.6) is 5.75 Å². The number of nitrogens with two attached hydrogens (primary N) is 1. The number of amides is 1. The van der Waals surface area contributed by atoms with E-state index >= 15 is 0 Å². The van der Waals surface area contributed by atoms with Crippen LogP contribution in [0.3, 0.4) is 0 Å². The third kappa shape index (κ3) is 2.68. The Morgan fingerprint density at radius 1 is 1.56 bits per heavy atom. The van der Waals surface area contributed by atoms with Crippen LogP contribution in [0.1, 0.15) is 11.6 Å². The van der Waals surface area contributed by atoms with Crippen LogP contribution in [0.15, 0.2) is 18.2 Å².